The number of carbonyl (C=O) groups is 1. The minimum absolute atomic E-state index is 0.0313. The molecule has 0 bridgehead atoms. The molecule has 1 aliphatic heterocycles. The van der Waals surface area contributed by atoms with Crippen molar-refractivity contribution in [2.24, 2.45) is 0 Å². The number of halogens is 1. The Morgan fingerprint density at radius 2 is 1.95 bits per heavy atom. The molecule has 1 aromatic heterocycles. The molecule has 2 aromatic rings. The summed E-state index contributed by atoms with van der Waals surface area (Å²) in [6, 6.07) is 9.46. The summed E-state index contributed by atoms with van der Waals surface area (Å²) in [5, 5.41) is 0.729. The quantitative estimate of drug-likeness (QED) is 0.853. The minimum Gasteiger partial charge on any atom is -0.368 e. The van der Waals surface area contributed by atoms with Crippen LogP contribution in [0.4, 0.5) is 5.69 Å². The Balaban J connectivity index is 1.65. The molecule has 6 heteroatoms. The highest BCUT2D eigenvalue weighted by molar-refractivity contribution is 6.30. The predicted octanol–water partition coefficient (Wildman–Crippen LogP) is 2.40. The van der Waals surface area contributed by atoms with Gasteiger partial charge in [0, 0.05) is 43.1 Å². The molecule has 3 rings (SSSR count). The third kappa shape index (κ3) is 3.20. The first kappa shape index (κ1) is 14.8. The Morgan fingerprint density at radius 3 is 2.64 bits per heavy atom. The molecule has 0 N–H and O–H groups in total. The van der Waals surface area contributed by atoms with Gasteiger partial charge in [0.2, 0.25) is 0 Å². The van der Waals surface area contributed by atoms with Gasteiger partial charge in [-0.15, -0.1) is 0 Å². The van der Waals surface area contributed by atoms with E-state index in [9.17, 15) is 4.79 Å². The van der Waals surface area contributed by atoms with Crippen LogP contribution in [0.2, 0.25) is 5.02 Å². The molecule has 1 aromatic carbocycles. The lowest BCUT2D eigenvalue weighted by Crippen LogP contribution is -2.49. The Kier molecular flexibility index (Phi) is 4.24. The monoisotopic (exact) mass is 316 g/mol. The number of anilines is 1. The molecule has 1 saturated heterocycles. The van der Waals surface area contributed by atoms with Crippen molar-refractivity contribution in [1.82, 2.24) is 14.9 Å². The molecule has 0 spiro atoms. The molecule has 1 amide bonds. The van der Waals surface area contributed by atoms with E-state index in [1.807, 2.05) is 29.2 Å². The number of nitrogens with zero attached hydrogens (tertiary/aromatic N) is 4. The van der Waals surface area contributed by atoms with E-state index < -0.39 is 0 Å². The summed E-state index contributed by atoms with van der Waals surface area (Å²) in [6.45, 7) is 4.71. The normalized spacial score (nSPS) is 15.0. The lowest BCUT2D eigenvalue weighted by atomic mass is 10.2. The molecule has 1 aliphatic rings. The standard InChI is InChI=1S/C16H17ClN4O/c1-12-18-6-5-15(19-12)16(22)21-9-7-20(8-10-21)14-4-2-3-13(17)11-14/h2-6,11H,7-10H2,1H3. The number of hydrogen-bond acceptors (Lipinski definition) is 4. The number of carbonyl (C=O) groups excluding carboxylic acids is 1. The van der Waals surface area contributed by atoms with Crippen molar-refractivity contribution < 1.29 is 4.79 Å². The van der Waals surface area contributed by atoms with E-state index in [4.69, 9.17) is 11.6 Å². The van der Waals surface area contributed by atoms with E-state index in [2.05, 4.69) is 14.9 Å². The molecule has 1 fully saturated rings. The maximum absolute atomic E-state index is 12.4. The van der Waals surface area contributed by atoms with Crippen LogP contribution in [0.1, 0.15) is 16.3 Å². The number of piperazine rings is 1. The van der Waals surface area contributed by atoms with Crippen LogP contribution in [-0.2, 0) is 0 Å². The molecule has 114 valence electrons. The average Bonchev–Trinajstić information content (AvgIpc) is 2.54. The number of aromatic nitrogens is 2. The van der Waals surface area contributed by atoms with Crippen LogP contribution in [0.25, 0.3) is 0 Å². The second-order valence-electron chi connectivity index (χ2n) is 5.25. The number of benzene rings is 1. The summed E-state index contributed by atoms with van der Waals surface area (Å²) in [4.78, 5) is 24.7. The summed E-state index contributed by atoms with van der Waals surface area (Å²) >= 11 is 6.03. The van der Waals surface area contributed by atoms with Gasteiger partial charge in [0.05, 0.1) is 0 Å². The molecule has 2 heterocycles. The average molecular weight is 317 g/mol. The predicted molar refractivity (Wildman–Crippen MR) is 86.3 cm³/mol. The number of rotatable bonds is 2. The minimum atomic E-state index is -0.0313. The molecular formula is C16H17ClN4O. The topological polar surface area (TPSA) is 49.3 Å². The second kappa shape index (κ2) is 6.32. The maximum atomic E-state index is 12.4. The summed E-state index contributed by atoms with van der Waals surface area (Å²) in [6.07, 6.45) is 1.62. The third-order valence-corrected chi connectivity index (χ3v) is 3.97. The van der Waals surface area contributed by atoms with Crippen LogP contribution in [0, 0.1) is 6.92 Å². The highest BCUT2D eigenvalue weighted by Gasteiger charge is 2.23. The van der Waals surface area contributed by atoms with Crippen molar-refractivity contribution in [3.8, 4) is 0 Å². The largest absolute Gasteiger partial charge is 0.368 e. The zero-order valence-corrected chi connectivity index (χ0v) is 13.1. The Bertz CT molecular complexity index is 683. The number of amides is 1. The first-order valence-corrected chi connectivity index (χ1v) is 7.61. The van der Waals surface area contributed by atoms with Gasteiger partial charge in [0.25, 0.3) is 5.91 Å². The lowest BCUT2D eigenvalue weighted by Gasteiger charge is -2.36. The van der Waals surface area contributed by atoms with Gasteiger partial charge in [-0.1, -0.05) is 17.7 Å². The van der Waals surface area contributed by atoms with Crippen LogP contribution >= 0.6 is 11.6 Å². The van der Waals surface area contributed by atoms with Gasteiger partial charge >= 0.3 is 0 Å². The van der Waals surface area contributed by atoms with Crippen molar-refractivity contribution in [1.29, 1.82) is 0 Å². The molecule has 0 unspecified atom stereocenters. The summed E-state index contributed by atoms with van der Waals surface area (Å²) in [5.41, 5.74) is 1.56. The fourth-order valence-corrected chi connectivity index (χ4v) is 2.76. The first-order chi connectivity index (χ1) is 10.6. The molecule has 0 atom stereocenters. The lowest BCUT2D eigenvalue weighted by molar-refractivity contribution is 0.0740. The molecule has 0 saturated carbocycles. The second-order valence-corrected chi connectivity index (χ2v) is 5.68. The van der Waals surface area contributed by atoms with Crippen LogP contribution < -0.4 is 4.90 Å². The van der Waals surface area contributed by atoms with Crippen LogP contribution in [-0.4, -0.2) is 47.0 Å². The van der Waals surface area contributed by atoms with Crippen molar-refractivity contribution in [3.05, 3.63) is 53.1 Å². The summed E-state index contributed by atoms with van der Waals surface area (Å²) < 4.78 is 0. The first-order valence-electron chi connectivity index (χ1n) is 7.23. The van der Waals surface area contributed by atoms with E-state index in [0.29, 0.717) is 24.6 Å². The smallest absolute Gasteiger partial charge is 0.272 e. The van der Waals surface area contributed by atoms with Crippen molar-refractivity contribution in [2.75, 3.05) is 31.1 Å². The van der Waals surface area contributed by atoms with E-state index in [0.717, 1.165) is 23.8 Å². The molecule has 5 nitrogen and oxygen atoms in total. The van der Waals surface area contributed by atoms with Gasteiger partial charge in [0.1, 0.15) is 11.5 Å². The Hall–Kier alpha value is -2.14. The molecular weight excluding hydrogens is 300 g/mol. The third-order valence-electron chi connectivity index (χ3n) is 3.74. The SMILES string of the molecule is Cc1nccc(C(=O)N2CCN(c3cccc(Cl)c3)CC2)n1. The van der Waals surface area contributed by atoms with Gasteiger partial charge in [0.15, 0.2) is 0 Å². The van der Waals surface area contributed by atoms with E-state index in [1.54, 1.807) is 19.2 Å². The van der Waals surface area contributed by atoms with Gasteiger partial charge in [-0.2, -0.15) is 0 Å². The van der Waals surface area contributed by atoms with Crippen molar-refractivity contribution in [2.45, 2.75) is 6.92 Å². The molecule has 0 aliphatic carbocycles. The fraction of sp³-hybridized carbons (Fsp3) is 0.312. The number of aryl methyl sites for hydroxylation is 1. The Labute approximate surface area is 134 Å². The zero-order chi connectivity index (χ0) is 15.5. The summed E-state index contributed by atoms with van der Waals surface area (Å²) in [5.74, 6) is 0.583. The summed E-state index contributed by atoms with van der Waals surface area (Å²) in [7, 11) is 0. The zero-order valence-electron chi connectivity index (χ0n) is 12.4. The van der Waals surface area contributed by atoms with Crippen molar-refractivity contribution in [3.63, 3.8) is 0 Å². The highest BCUT2D eigenvalue weighted by atomic mass is 35.5. The van der Waals surface area contributed by atoms with E-state index in [1.165, 1.54) is 0 Å². The van der Waals surface area contributed by atoms with Crippen molar-refractivity contribution >= 4 is 23.2 Å². The van der Waals surface area contributed by atoms with Crippen LogP contribution in [0.5, 0.6) is 0 Å². The van der Waals surface area contributed by atoms with E-state index in [-0.39, 0.29) is 5.91 Å². The highest BCUT2D eigenvalue weighted by Crippen LogP contribution is 2.21. The van der Waals surface area contributed by atoms with Gasteiger partial charge in [-0.3, -0.25) is 4.79 Å². The Morgan fingerprint density at radius 1 is 1.18 bits per heavy atom. The molecule has 0 radical (unpaired) electrons. The number of hydrogen-bond donors (Lipinski definition) is 0. The van der Waals surface area contributed by atoms with Gasteiger partial charge < -0.3 is 9.80 Å². The fourth-order valence-electron chi connectivity index (χ4n) is 2.58. The van der Waals surface area contributed by atoms with Gasteiger partial charge in [-0.25, -0.2) is 9.97 Å². The molecule has 22 heavy (non-hydrogen) atoms. The maximum Gasteiger partial charge on any atom is 0.272 e. The van der Waals surface area contributed by atoms with Crippen LogP contribution in [0.15, 0.2) is 36.5 Å². The van der Waals surface area contributed by atoms with Crippen LogP contribution in [0.3, 0.4) is 0 Å². The van der Waals surface area contributed by atoms with E-state index >= 15 is 0 Å². The van der Waals surface area contributed by atoms with Gasteiger partial charge in [-0.05, 0) is 31.2 Å².